The van der Waals surface area contributed by atoms with E-state index >= 15 is 0 Å². The van der Waals surface area contributed by atoms with Crippen LogP contribution in [0.4, 0.5) is 8.78 Å². The average molecular weight is 371 g/mol. The second-order valence-corrected chi connectivity index (χ2v) is 5.93. The van der Waals surface area contributed by atoms with Gasteiger partial charge in [0.05, 0.1) is 11.9 Å². The van der Waals surface area contributed by atoms with E-state index in [1.165, 1.54) is 12.1 Å². The highest BCUT2D eigenvalue weighted by atomic mass is 19.3. The zero-order valence-electron chi connectivity index (χ0n) is 14.5. The zero-order chi connectivity index (χ0) is 19.1. The van der Waals surface area contributed by atoms with Crippen molar-refractivity contribution in [2.75, 3.05) is 0 Å². The van der Waals surface area contributed by atoms with Crippen LogP contribution < -0.4 is 10.1 Å². The summed E-state index contributed by atoms with van der Waals surface area (Å²) in [5.41, 5.74) is 2.75. The summed E-state index contributed by atoms with van der Waals surface area (Å²) in [6.07, 6.45) is 4.58. The standard InChI is InChI=1S/C20H19F2N3O2/c21-20(22)27-18-9-6-15(7-10-18)12-23-19(26)11-8-16-13-24-25(14-16)17-4-2-1-3-5-17/h1-7,9-10,13-14,20H,8,11-12H2,(H,23,26). The highest BCUT2D eigenvalue weighted by Crippen LogP contribution is 2.15. The minimum Gasteiger partial charge on any atom is -0.435 e. The smallest absolute Gasteiger partial charge is 0.387 e. The number of nitrogens with one attached hydrogen (secondary N) is 1. The van der Waals surface area contributed by atoms with Crippen LogP contribution in [0.25, 0.3) is 5.69 Å². The van der Waals surface area contributed by atoms with Crippen molar-refractivity contribution < 1.29 is 18.3 Å². The molecule has 0 radical (unpaired) electrons. The normalized spacial score (nSPS) is 10.8. The van der Waals surface area contributed by atoms with E-state index in [4.69, 9.17) is 0 Å². The first-order valence-electron chi connectivity index (χ1n) is 8.49. The third kappa shape index (κ3) is 5.64. The van der Waals surface area contributed by atoms with E-state index in [9.17, 15) is 13.6 Å². The van der Waals surface area contributed by atoms with Crippen LogP contribution in [0.2, 0.25) is 0 Å². The monoisotopic (exact) mass is 371 g/mol. The summed E-state index contributed by atoms with van der Waals surface area (Å²) in [7, 11) is 0. The van der Waals surface area contributed by atoms with E-state index in [2.05, 4.69) is 15.2 Å². The summed E-state index contributed by atoms with van der Waals surface area (Å²) < 4.78 is 30.3. The maximum absolute atomic E-state index is 12.1. The molecule has 0 spiro atoms. The largest absolute Gasteiger partial charge is 0.435 e. The lowest BCUT2D eigenvalue weighted by atomic mass is 10.2. The summed E-state index contributed by atoms with van der Waals surface area (Å²) in [6.45, 7) is -2.52. The predicted molar refractivity (Wildman–Crippen MR) is 96.8 cm³/mol. The van der Waals surface area contributed by atoms with Gasteiger partial charge in [-0.2, -0.15) is 13.9 Å². The molecule has 2 aromatic carbocycles. The van der Waals surface area contributed by atoms with E-state index in [-0.39, 0.29) is 11.7 Å². The lowest BCUT2D eigenvalue weighted by molar-refractivity contribution is -0.121. The number of alkyl halides is 2. The molecule has 0 aliphatic carbocycles. The van der Waals surface area contributed by atoms with Gasteiger partial charge in [0.1, 0.15) is 5.75 Å². The Morgan fingerprint density at radius 3 is 2.52 bits per heavy atom. The molecule has 3 rings (SSSR count). The fourth-order valence-corrected chi connectivity index (χ4v) is 2.55. The van der Waals surface area contributed by atoms with Gasteiger partial charge in [0.2, 0.25) is 5.91 Å². The Kier molecular flexibility index (Phi) is 6.14. The first-order chi connectivity index (χ1) is 13.1. The molecular weight excluding hydrogens is 352 g/mol. The number of nitrogens with zero attached hydrogens (tertiary/aromatic N) is 2. The predicted octanol–water partition coefficient (Wildman–Crippen LogP) is 3.72. The van der Waals surface area contributed by atoms with Gasteiger partial charge in [-0.1, -0.05) is 30.3 Å². The Morgan fingerprint density at radius 1 is 1.07 bits per heavy atom. The Bertz CT molecular complexity index is 864. The maximum atomic E-state index is 12.1. The fraction of sp³-hybridized carbons (Fsp3) is 0.200. The number of carbonyl (C=O) groups is 1. The van der Waals surface area contributed by atoms with Crippen LogP contribution >= 0.6 is 0 Å². The van der Waals surface area contributed by atoms with E-state index < -0.39 is 6.61 Å². The van der Waals surface area contributed by atoms with Crippen molar-refractivity contribution in [1.82, 2.24) is 15.1 Å². The molecule has 1 aromatic heterocycles. The van der Waals surface area contributed by atoms with Gasteiger partial charge in [0.15, 0.2) is 0 Å². The van der Waals surface area contributed by atoms with E-state index in [1.54, 1.807) is 23.0 Å². The molecule has 1 amide bonds. The van der Waals surface area contributed by atoms with Crippen molar-refractivity contribution in [3.8, 4) is 11.4 Å². The molecule has 3 aromatic rings. The second kappa shape index (κ2) is 8.93. The van der Waals surface area contributed by atoms with Gasteiger partial charge in [-0.15, -0.1) is 0 Å². The minimum atomic E-state index is -2.85. The first-order valence-corrected chi connectivity index (χ1v) is 8.49. The minimum absolute atomic E-state index is 0.0876. The third-order valence-corrected chi connectivity index (χ3v) is 3.94. The molecule has 7 heteroatoms. The molecule has 5 nitrogen and oxygen atoms in total. The number of aromatic nitrogens is 2. The third-order valence-electron chi connectivity index (χ3n) is 3.94. The lowest BCUT2D eigenvalue weighted by Gasteiger charge is -2.07. The van der Waals surface area contributed by atoms with E-state index in [0.29, 0.717) is 19.4 Å². The molecule has 1 N–H and O–H groups in total. The lowest BCUT2D eigenvalue weighted by Crippen LogP contribution is -2.22. The van der Waals surface area contributed by atoms with Gasteiger partial charge in [-0.05, 0) is 41.8 Å². The van der Waals surface area contributed by atoms with Crippen LogP contribution in [0, 0.1) is 0 Å². The van der Waals surface area contributed by atoms with Gasteiger partial charge in [0.25, 0.3) is 0 Å². The van der Waals surface area contributed by atoms with Crippen molar-refractivity contribution in [2.24, 2.45) is 0 Å². The summed E-state index contributed by atoms with van der Waals surface area (Å²) >= 11 is 0. The molecule has 0 saturated heterocycles. The molecule has 0 aliphatic heterocycles. The van der Waals surface area contributed by atoms with Crippen LogP contribution in [0.15, 0.2) is 67.0 Å². The van der Waals surface area contributed by atoms with Gasteiger partial charge in [-0.3, -0.25) is 4.79 Å². The quantitative estimate of drug-likeness (QED) is 0.657. The number of ether oxygens (including phenoxy) is 1. The number of rotatable bonds is 8. The SMILES string of the molecule is O=C(CCc1cnn(-c2ccccc2)c1)NCc1ccc(OC(F)F)cc1. The Balaban J connectivity index is 1.44. The molecular formula is C20H19F2N3O2. The zero-order valence-corrected chi connectivity index (χ0v) is 14.5. The Labute approximate surface area is 155 Å². The summed E-state index contributed by atoms with van der Waals surface area (Å²) in [5.74, 6) is 0.00544. The maximum Gasteiger partial charge on any atom is 0.387 e. The highest BCUT2D eigenvalue weighted by molar-refractivity contribution is 5.76. The molecule has 1 heterocycles. The van der Waals surface area contributed by atoms with Crippen molar-refractivity contribution in [1.29, 1.82) is 0 Å². The molecule has 0 fully saturated rings. The van der Waals surface area contributed by atoms with Gasteiger partial charge < -0.3 is 10.1 Å². The molecule has 0 aliphatic rings. The number of carbonyl (C=O) groups excluding carboxylic acids is 1. The van der Waals surface area contributed by atoms with Crippen LogP contribution in [0.5, 0.6) is 5.75 Å². The summed E-state index contributed by atoms with van der Waals surface area (Å²) in [6, 6.07) is 15.9. The fourth-order valence-electron chi connectivity index (χ4n) is 2.55. The number of hydrogen-bond acceptors (Lipinski definition) is 3. The topological polar surface area (TPSA) is 56.2 Å². The van der Waals surface area contributed by atoms with Crippen LogP contribution in [0.1, 0.15) is 17.5 Å². The molecule has 0 bridgehead atoms. The van der Waals surface area contributed by atoms with E-state index in [0.717, 1.165) is 16.8 Å². The molecule has 0 atom stereocenters. The average Bonchev–Trinajstić information content (AvgIpc) is 3.15. The van der Waals surface area contributed by atoms with Crippen LogP contribution in [0.3, 0.4) is 0 Å². The first kappa shape index (κ1) is 18.6. The number of amides is 1. The Morgan fingerprint density at radius 2 is 1.81 bits per heavy atom. The second-order valence-electron chi connectivity index (χ2n) is 5.93. The van der Waals surface area contributed by atoms with Crippen LogP contribution in [-0.4, -0.2) is 22.3 Å². The van der Waals surface area contributed by atoms with Gasteiger partial charge >= 0.3 is 6.61 Å². The van der Waals surface area contributed by atoms with Gasteiger partial charge in [0, 0.05) is 19.2 Å². The Hall–Kier alpha value is -3.22. The number of para-hydroxylation sites is 1. The number of aryl methyl sites for hydroxylation is 1. The molecule has 0 saturated carbocycles. The number of halogens is 2. The molecule has 0 unspecified atom stereocenters. The van der Waals surface area contributed by atoms with Crippen LogP contribution in [-0.2, 0) is 17.8 Å². The van der Waals surface area contributed by atoms with E-state index in [1.807, 2.05) is 36.5 Å². The van der Waals surface area contributed by atoms with Crippen molar-refractivity contribution >= 4 is 5.91 Å². The van der Waals surface area contributed by atoms with Gasteiger partial charge in [-0.25, -0.2) is 4.68 Å². The highest BCUT2D eigenvalue weighted by Gasteiger charge is 2.07. The van der Waals surface area contributed by atoms with Crippen molar-refractivity contribution in [3.63, 3.8) is 0 Å². The molecule has 140 valence electrons. The van der Waals surface area contributed by atoms with Crippen molar-refractivity contribution in [2.45, 2.75) is 26.0 Å². The number of hydrogen-bond donors (Lipinski definition) is 1. The summed E-state index contributed by atoms with van der Waals surface area (Å²) in [4.78, 5) is 12.0. The molecule has 27 heavy (non-hydrogen) atoms. The summed E-state index contributed by atoms with van der Waals surface area (Å²) in [5, 5.41) is 7.12. The van der Waals surface area contributed by atoms with Crippen molar-refractivity contribution in [3.05, 3.63) is 78.1 Å². The number of benzene rings is 2.